The van der Waals surface area contributed by atoms with Gasteiger partial charge in [-0.1, -0.05) is 18.2 Å². The molecule has 5 fully saturated rings. The van der Waals surface area contributed by atoms with E-state index in [0.717, 1.165) is 112 Å². The SMILES string of the molecule is C[C@@H]1COCCN1c1cc(N=S(C)(C)=O)nc(-n2ccnc2)n1.Cc1ccc2ncn(-c3nc(N=S(C)(C)=O)cc(N4CCOC[C@H]4C)n3)c2c1.Cc1cn(-c2nc(N=S(C)(C)=O)cc(N3CCOC[C@H]3C)n2)cn1.Cc1nc2ccccc2n1-c1nc(N=S(C)(C)=O)cc(N2CCOC[C@H]2C)n1.Cc1ncn(-c2nc(N=S(C)(C)=O)cc(N3CCOC[C@H]3C)n2)c1C. The first-order valence-corrected chi connectivity index (χ1v) is 53.2. The largest absolute Gasteiger partial charge is 0.377 e. The third-order valence-electron chi connectivity index (χ3n) is 20.3. The minimum atomic E-state index is -2.36. The lowest BCUT2D eigenvalue weighted by Crippen LogP contribution is -2.44. The van der Waals surface area contributed by atoms with Gasteiger partial charge in [0.25, 0.3) is 0 Å². The van der Waals surface area contributed by atoms with E-state index >= 15 is 0 Å². The number of morpholine rings is 5. The summed E-state index contributed by atoms with van der Waals surface area (Å²) >= 11 is 0. The van der Waals surface area contributed by atoms with Crippen molar-refractivity contribution in [2.75, 3.05) is 186 Å². The fourth-order valence-electron chi connectivity index (χ4n) is 14.3. The maximum atomic E-state index is 12.3. The predicted molar refractivity (Wildman–Crippen MR) is 503 cm³/mol. The van der Waals surface area contributed by atoms with Gasteiger partial charge in [-0.2, -0.15) is 71.7 Å². The standard InChI is InChI=1S/2C19H24N6O2S.C16H24N6O2S.C15H22N6O2S.C14H20N6O2S/c1-13-5-6-15-16(9-13)25(12-20-15)19-21-17(23-28(3,4)26)10-18(22-19)24-7-8-27-11-14(24)2;1-13-12-27-10-9-24(13)18-11-17(23-28(3,4)26)21-19(22-18)25-14(2)20-15-7-5-6-8-16(15)25;1-11-9-24-7-6-21(11)15-8-14(20-25(4,5)23)18-16(19-15)22-10-17-12(2)13(22)3;1-11-8-20(10-16-11)15-17-13(19-24(3,4)22)7-14(18-15)21-5-6-23-9-12(21)2;1-11-9-22-7-6-20(11)13-8-12(18-23(2,3)21)16-14(17-13)19-5-4-15-10-19/h5-6,9-10,12,14H,7-8,11H2,1-4H3;5-8,11,13H,9-10,12H2,1-4H3;8,10-11H,6-7,9H2,1-5H3;7-8,10,12H,5-6,9H2,1-4H3;4-5,8,10-11H,6-7,9H2,1-3H3/t14-;13-;11-;12-;11-/m11111/s1. The number of hydrogen-bond donors (Lipinski definition) is 0. The quantitative estimate of drug-likeness (QED) is 0.0920. The summed E-state index contributed by atoms with van der Waals surface area (Å²) in [6.07, 6.45) is 27.9. The van der Waals surface area contributed by atoms with Crippen molar-refractivity contribution in [3.63, 3.8) is 0 Å². The van der Waals surface area contributed by atoms with Gasteiger partial charge in [0.15, 0.2) is 29.1 Å². The molecular weight excluding hydrogens is 1740 g/mol. The van der Waals surface area contributed by atoms with Crippen LogP contribution in [0.2, 0.25) is 0 Å². The lowest BCUT2D eigenvalue weighted by Gasteiger charge is -2.34. The van der Waals surface area contributed by atoms with Gasteiger partial charge in [-0.15, -0.1) is 0 Å². The van der Waals surface area contributed by atoms with Crippen molar-refractivity contribution in [2.45, 2.75) is 99.4 Å². The summed E-state index contributed by atoms with van der Waals surface area (Å²) in [6.45, 7) is 30.4. The predicted octanol–water partition coefficient (Wildman–Crippen LogP) is 10.1. The zero-order valence-electron chi connectivity index (χ0n) is 76.0. The molecule has 5 aliphatic heterocycles. The first-order chi connectivity index (χ1) is 60.6. The number of aryl methyl sites for hydroxylation is 4. The second-order valence-corrected chi connectivity index (χ2v) is 45.9. The van der Waals surface area contributed by atoms with Crippen molar-refractivity contribution in [1.82, 2.24) is 97.6 Å². The minimum absolute atomic E-state index is 0.178. The number of nitrogens with zero attached hydrogens (tertiary/aromatic N) is 30. The van der Waals surface area contributed by atoms with E-state index in [0.29, 0.717) is 125 Å². The van der Waals surface area contributed by atoms with Crippen LogP contribution in [0, 0.1) is 34.6 Å². The zero-order chi connectivity index (χ0) is 91.7. The number of benzene rings is 2. The Morgan fingerprint density at radius 2 is 0.727 bits per heavy atom. The van der Waals surface area contributed by atoms with E-state index in [1.54, 1.807) is 140 Å². The van der Waals surface area contributed by atoms with Crippen LogP contribution in [0.1, 0.15) is 63.1 Å². The van der Waals surface area contributed by atoms with Gasteiger partial charge in [0.2, 0.25) is 29.7 Å². The molecule has 128 heavy (non-hydrogen) atoms. The van der Waals surface area contributed by atoms with Crippen LogP contribution < -0.4 is 24.5 Å². The van der Waals surface area contributed by atoms with Gasteiger partial charge in [0, 0.05) is 199 Å². The Kier molecular flexibility index (Phi) is 29.8. The van der Waals surface area contributed by atoms with Crippen LogP contribution in [-0.4, -0.2) is 310 Å². The van der Waals surface area contributed by atoms with Gasteiger partial charge in [-0.05, 0) is 99.1 Å². The van der Waals surface area contributed by atoms with E-state index in [-0.39, 0.29) is 30.2 Å². The van der Waals surface area contributed by atoms with E-state index < -0.39 is 48.6 Å². The normalized spacial score (nSPS) is 18.3. The first-order valence-electron chi connectivity index (χ1n) is 41.5. The maximum Gasteiger partial charge on any atom is 0.239 e. The molecule has 10 aromatic heterocycles. The molecule has 0 radical (unpaired) electrons. The van der Waals surface area contributed by atoms with Gasteiger partial charge >= 0.3 is 0 Å². The lowest BCUT2D eigenvalue weighted by molar-refractivity contribution is 0.0985. The third-order valence-corrected chi connectivity index (χ3v) is 23.4. The molecule has 5 saturated heterocycles. The molecule has 0 unspecified atom stereocenters. The summed E-state index contributed by atoms with van der Waals surface area (Å²) in [7, 11) is -11.7. The average molecular weight is 1850 g/mol. The monoisotopic (exact) mass is 1850 g/mol. The Hall–Kier alpha value is -11.0. The lowest BCUT2D eigenvalue weighted by atomic mass is 10.2. The Balaban J connectivity index is 0.000000137. The molecule has 0 saturated carbocycles. The highest BCUT2D eigenvalue weighted by molar-refractivity contribution is 7.93. The summed E-state index contributed by atoms with van der Waals surface area (Å²) in [5.74, 6) is 8.95. The Bertz CT molecular complexity index is 6630. The highest BCUT2D eigenvalue weighted by atomic mass is 32.2. The van der Waals surface area contributed by atoms with Crippen LogP contribution in [0.3, 0.4) is 0 Å². The summed E-state index contributed by atoms with van der Waals surface area (Å²) in [5, 5.41) is 0. The van der Waals surface area contributed by atoms with Gasteiger partial charge in [-0.25, -0.2) is 46.0 Å². The van der Waals surface area contributed by atoms with E-state index in [9.17, 15) is 21.0 Å². The molecule has 40 nitrogen and oxygen atoms in total. The Labute approximate surface area is 748 Å². The molecule has 0 aliphatic carbocycles. The Morgan fingerprint density at radius 1 is 0.359 bits per heavy atom. The van der Waals surface area contributed by atoms with E-state index in [2.05, 4.69) is 147 Å². The second kappa shape index (κ2) is 40.3. The molecule has 5 atom stereocenters. The first kappa shape index (κ1) is 94.6. The van der Waals surface area contributed by atoms with E-state index in [1.165, 1.54) is 0 Å². The summed E-state index contributed by atoms with van der Waals surface area (Å²) in [4.78, 5) is 78.5. The average Bonchev–Trinajstić information content (AvgIpc) is 1.70. The summed E-state index contributed by atoms with van der Waals surface area (Å²) in [6, 6.07) is 23.8. The van der Waals surface area contributed by atoms with Crippen LogP contribution in [0.5, 0.6) is 0 Å². The van der Waals surface area contributed by atoms with Gasteiger partial charge in [0.1, 0.15) is 60.2 Å². The van der Waals surface area contributed by atoms with Crippen molar-refractivity contribution in [2.24, 2.45) is 21.8 Å². The van der Waals surface area contributed by atoms with Crippen LogP contribution in [0.15, 0.2) is 139 Å². The topological polar surface area (TPSA) is 428 Å². The van der Waals surface area contributed by atoms with Crippen molar-refractivity contribution >= 4 is 129 Å². The van der Waals surface area contributed by atoms with Crippen molar-refractivity contribution in [3.05, 3.63) is 145 Å². The molecule has 0 spiro atoms. The molecule has 5 aliphatic rings. The summed E-state index contributed by atoms with van der Waals surface area (Å²) in [5.41, 5.74) is 7.47. The van der Waals surface area contributed by atoms with Crippen LogP contribution >= 0.6 is 0 Å². The molecule has 0 N–H and O–H groups in total. The number of rotatable bonds is 15. The number of imidazole rings is 5. The number of hydrogen-bond acceptors (Lipinski definition) is 35. The van der Waals surface area contributed by atoms with Crippen molar-refractivity contribution in [3.8, 4) is 29.7 Å². The van der Waals surface area contributed by atoms with Gasteiger partial charge in [0.05, 0.1) is 130 Å². The van der Waals surface area contributed by atoms with Crippen molar-refractivity contribution in [1.29, 1.82) is 0 Å². The number of fused-ring (bicyclic) bond motifs is 2. The molecule has 17 rings (SSSR count). The van der Waals surface area contributed by atoms with Gasteiger partial charge in [-0.3, -0.25) is 22.8 Å². The van der Waals surface area contributed by atoms with E-state index in [1.807, 2.05) is 90.9 Å². The molecule has 2 aromatic carbocycles. The summed E-state index contributed by atoms with van der Waals surface area (Å²) < 4.78 is 119. The molecule has 45 heteroatoms. The van der Waals surface area contributed by atoms with Crippen LogP contribution in [0.25, 0.3) is 51.8 Å². The number of ether oxygens (including phenoxy) is 5. The van der Waals surface area contributed by atoms with Crippen LogP contribution in [0.4, 0.5) is 58.2 Å². The minimum Gasteiger partial charge on any atom is -0.377 e. The van der Waals surface area contributed by atoms with E-state index in [4.69, 9.17) is 38.6 Å². The highest BCUT2D eigenvalue weighted by Gasteiger charge is 2.29. The molecule has 15 heterocycles. The van der Waals surface area contributed by atoms with Crippen LogP contribution in [-0.2, 0) is 72.3 Å². The third kappa shape index (κ3) is 25.3. The van der Waals surface area contributed by atoms with Crippen molar-refractivity contribution < 1.29 is 44.7 Å². The fourth-order valence-corrected chi connectivity index (χ4v) is 17.0. The molecule has 0 bridgehead atoms. The fraction of sp³-hybridized carbons (Fsp3) is 0.482. The maximum absolute atomic E-state index is 12.3. The molecule has 686 valence electrons. The number of para-hydroxylation sites is 2. The number of anilines is 5. The zero-order valence-corrected chi connectivity index (χ0v) is 80.1. The van der Waals surface area contributed by atoms with Gasteiger partial charge < -0.3 is 48.2 Å². The number of aromatic nitrogens is 20. The Morgan fingerprint density at radius 3 is 1.09 bits per heavy atom. The smallest absolute Gasteiger partial charge is 0.239 e. The second-order valence-electron chi connectivity index (χ2n) is 33.1. The highest BCUT2D eigenvalue weighted by Crippen LogP contribution is 2.33. The molecule has 12 aromatic rings. The molecular formula is C83H114N30O10S5. The molecule has 0 amide bonds.